The molecule has 66 valence electrons. The Labute approximate surface area is 78.0 Å². The van der Waals surface area contributed by atoms with Gasteiger partial charge in [0, 0.05) is 6.42 Å². The molecule has 1 atom stereocenters. The second-order valence-electron chi connectivity index (χ2n) is 2.21. The highest BCUT2D eigenvalue weighted by molar-refractivity contribution is 7.15. The molecule has 1 rings (SSSR count). The average Bonchev–Trinajstić information content (AvgIpc) is 2.35. The predicted molar refractivity (Wildman–Crippen MR) is 46.4 cm³/mol. The number of rotatable bonds is 3. The van der Waals surface area contributed by atoms with Crippen molar-refractivity contribution in [3.63, 3.8) is 0 Å². The molecule has 0 unspecified atom stereocenters. The fourth-order valence-electron chi connectivity index (χ4n) is 0.658. The van der Waals surface area contributed by atoms with Crippen molar-refractivity contribution in [3.8, 4) is 0 Å². The van der Waals surface area contributed by atoms with Crippen LogP contribution in [0.3, 0.4) is 0 Å². The molecule has 0 radical (unpaired) electrons. The molecule has 0 bridgehead atoms. The van der Waals surface area contributed by atoms with Gasteiger partial charge in [-0.15, -0.1) is 11.3 Å². The molecule has 0 aliphatic heterocycles. The van der Waals surface area contributed by atoms with Crippen molar-refractivity contribution in [2.75, 3.05) is 0 Å². The SMILES string of the molecule is N[C@@H](Cc1ncc(Cl)s1)C(=O)O. The van der Waals surface area contributed by atoms with Crippen LogP contribution < -0.4 is 5.73 Å². The highest BCUT2D eigenvalue weighted by atomic mass is 35.5. The van der Waals surface area contributed by atoms with Gasteiger partial charge in [-0.3, -0.25) is 4.79 Å². The Morgan fingerprint density at radius 2 is 2.58 bits per heavy atom. The van der Waals surface area contributed by atoms with Gasteiger partial charge in [-0.25, -0.2) is 4.98 Å². The van der Waals surface area contributed by atoms with Crippen LogP contribution in [0.2, 0.25) is 4.34 Å². The van der Waals surface area contributed by atoms with Crippen molar-refractivity contribution < 1.29 is 9.90 Å². The minimum absolute atomic E-state index is 0.229. The molecule has 4 nitrogen and oxygen atoms in total. The van der Waals surface area contributed by atoms with Gasteiger partial charge < -0.3 is 10.8 Å². The lowest BCUT2D eigenvalue weighted by Crippen LogP contribution is -2.32. The number of carbonyl (C=O) groups is 1. The molecule has 0 spiro atoms. The maximum absolute atomic E-state index is 10.3. The molecule has 0 saturated carbocycles. The van der Waals surface area contributed by atoms with E-state index >= 15 is 0 Å². The van der Waals surface area contributed by atoms with Crippen molar-refractivity contribution in [1.82, 2.24) is 4.98 Å². The molecule has 3 N–H and O–H groups in total. The van der Waals surface area contributed by atoms with Gasteiger partial charge in [0.25, 0.3) is 0 Å². The maximum Gasteiger partial charge on any atom is 0.320 e. The van der Waals surface area contributed by atoms with E-state index in [0.717, 1.165) is 0 Å². The largest absolute Gasteiger partial charge is 0.480 e. The Hall–Kier alpha value is -0.650. The summed E-state index contributed by atoms with van der Waals surface area (Å²) in [5.74, 6) is -1.03. The third kappa shape index (κ3) is 2.44. The summed E-state index contributed by atoms with van der Waals surface area (Å²) < 4.78 is 0.544. The van der Waals surface area contributed by atoms with Crippen molar-refractivity contribution in [2.24, 2.45) is 5.73 Å². The molecule has 1 heterocycles. The van der Waals surface area contributed by atoms with Crippen LogP contribution in [0, 0.1) is 0 Å². The third-order valence-electron chi connectivity index (χ3n) is 1.24. The van der Waals surface area contributed by atoms with Gasteiger partial charge in [-0.1, -0.05) is 11.6 Å². The molecular formula is C6H7ClN2O2S. The zero-order valence-corrected chi connectivity index (χ0v) is 7.60. The molecule has 0 aliphatic rings. The summed E-state index contributed by atoms with van der Waals surface area (Å²) in [5, 5.41) is 9.12. The monoisotopic (exact) mass is 206 g/mol. The number of aliphatic carboxylic acids is 1. The summed E-state index contributed by atoms with van der Waals surface area (Å²) in [6.45, 7) is 0. The van der Waals surface area contributed by atoms with Crippen molar-refractivity contribution >= 4 is 28.9 Å². The Morgan fingerprint density at radius 3 is 3.00 bits per heavy atom. The van der Waals surface area contributed by atoms with E-state index in [2.05, 4.69) is 4.98 Å². The molecule has 0 aromatic carbocycles. The molecule has 0 amide bonds. The van der Waals surface area contributed by atoms with E-state index in [0.29, 0.717) is 9.34 Å². The standard InChI is InChI=1S/C6H7ClN2O2S/c7-4-2-9-5(12-4)1-3(8)6(10)11/h2-3H,1,8H2,(H,10,11)/t3-/m0/s1. The second kappa shape index (κ2) is 3.84. The summed E-state index contributed by atoms with van der Waals surface area (Å²) in [6, 6.07) is -0.896. The number of nitrogens with two attached hydrogens (primary N) is 1. The molecule has 0 aliphatic carbocycles. The molecule has 1 aromatic heterocycles. The number of hydrogen-bond acceptors (Lipinski definition) is 4. The lowest BCUT2D eigenvalue weighted by molar-refractivity contribution is -0.138. The molecular weight excluding hydrogens is 200 g/mol. The van der Waals surface area contributed by atoms with Crippen LogP contribution in [0.25, 0.3) is 0 Å². The minimum Gasteiger partial charge on any atom is -0.480 e. The Morgan fingerprint density at radius 1 is 1.92 bits per heavy atom. The molecule has 0 saturated heterocycles. The summed E-state index contributed by atoms with van der Waals surface area (Å²) in [4.78, 5) is 14.2. The van der Waals surface area contributed by atoms with Gasteiger partial charge in [0.05, 0.1) is 11.2 Å². The molecule has 0 fully saturated rings. The fraction of sp³-hybridized carbons (Fsp3) is 0.333. The number of nitrogens with zero attached hydrogens (tertiary/aromatic N) is 1. The summed E-state index contributed by atoms with van der Waals surface area (Å²) >= 11 is 6.84. The molecule has 12 heavy (non-hydrogen) atoms. The van der Waals surface area contributed by atoms with Crippen LogP contribution in [-0.2, 0) is 11.2 Å². The summed E-state index contributed by atoms with van der Waals surface area (Å²) in [5.41, 5.74) is 5.28. The highest BCUT2D eigenvalue weighted by Crippen LogP contribution is 2.18. The Bertz CT molecular complexity index is 289. The normalized spacial score (nSPS) is 12.8. The first-order chi connectivity index (χ1) is 5.59. The van der Waals surface area contributed by atoms with Gasteiger partial charge in [0.2, 0.25) is 0 Å². The lowest BCUT2D eigenvalue weighted by atomic mass is 10.2. The number of carboxylic acid groups (broad SMARTS) is 1. The van der Waals surface area contributed by atoms with Crippen LogP contribution >= 0.6 is 22.9 Å². The maximum atomic E-state index is 10.3. The van der Waals surface area contributed by atoms with E-state index in [1.165, 1.54) is 17.5 Å². The first-order valence-corrected chi connectivity index (χ1v) is 4.37. The first kappa shape index (κ1) is 9.44. The lowest BCUT2D eigenvalue weighted by Gasteiger charge is -2.01. The van der Waals surface area contributed by atoms with Gasteiger partial charge in [-0.05, 0) is 0 Å². The van der Waals surface area contributed by atoms with Crippen molar-refractivity contribution in [3.05, 3.63) is 15.5 Å². The van der Waals surface area contributed by atoms with E-state index in [1.807, 2.05) is 0 Å². The fourth-order valence-corrected chi connectivity index (χ4v) is 1.67. The quantitative estimate of drug-likeness (QED) is 0.765. The van der Waals surface area contributed by atoms with Crippen LogP contribution in [0.1, 0.15) is 5.01 Å². The van der Waals surface area contributed by atoms with Gasteiger partial charge >= 0.3 is 5.97 Å². The number of halogens is 1. The average molecular weight is 207 g/mol. The smallest absolute Gasteiger partial charge is 0.320 e. The van der Waals surface area contributed by atoms with Crippen LogP contribution in [-0.4, -0.2) is 22.1 Å². The zero-order chi connectivity index (χ0) is 9.14. The van der Waals surface area contributed by atoms with Crippen LogP contribution in [0.4, 0.5) is 0 Å². The third-order valence-corrected chi connectivity index (χ3v) is 2.37. The van der Waals surface area contributed by atoms with Crippen molar-refractivity contribution in [2.45, 2.75) is 12.5 Å². The summed E-state index contributed by atoms with van der Waals surface area (Å²) in [6.07, 6.45) is 1.71. The van der Waals surface area contributed by atoms with Gasteiger partial charge in [0.15, 0.2) is 0 Å². The second-order valence-corrected chi connectivity index (χ2v) is 3.95. The molecule has 6 heteroatoms. The predicted octanol–water partition coefficient (Wildman–Crippen LogP) is 0.751. The Kier molecular flexibility index (Phi) is 3.02. The Balaban J connectivity index is 2.58. The highest BCUT2D eigenvalue weighted by Gasteiger charge is 2.13. The van der Waals surface area contributed by atoms with E-state index in [4.69, 9.17) is 22.4 Å². The minimum atomic E-state index is -1.03. The van der Waals surface area contributed by atoms with Gasteiger partial charge in [-0.2, -0.15) is 0 Å². The zero-order valence-electron chi connectivity index (χ0n) is 6.03. The van der Waals surface area contributed by atoms with E-state index in [1.54, 1.807) is 0 Å². The van der Waals surface area contributed by atoms with Crippen LogP contribution in [0.15, 0.2) is 6.20 Å². The number of carboxylic acids is 1. The number of thiazole rings is 1. The topological polar surface area (TPSA) is 76.2 Å². The van der Waals surface area contributed by atoms with E-state index in [-0.39, 0.29) is 6.42 Å². The van der Waals surface area contributed by atoms with Crippen molar-refractivity contribution in [1.29, 1.82) is 0 Å². The number of aromatic nitrogens is 1. The molecule has 1 aromatic rings. The van der Waals surface area contributed by atoms with E-state index in [9.17, 15) is 4.79 Å². The summed E-state index contributed by atoms with van der Waals surface area (Å²) in [7, 11) is 0. The first-order valence-electron chi connectivity index (χ1n) is 3.18. The van der Waals surface area contributed by atoms with Gasteiger partial charge in [0.1, 0.15) is 10.4 Å². The van der Waals surface area contributed by atoms with Crippen LogP contribution in [0.5, 0.6) is 0 Å². The number of hydrogen-bond donors (Lipinski definition) is 2. The van der Waals surface area contributed by atoms with E-state index < -0.39 is 12.0 Å².